The number of aliphatic hydroxyl groups excluding tert-OH is 4. The van der Waals surface area contributed by atoms with Gasteiger partial charge in [0.2, 0.25) is 0 Å². The predicted molar refractivity (Wildman–Crippen MR) is 164 cm³/mol. The van der Waals surface area contributed by atoms with Crippen LogP contribution in [0.5, 0.6) is 0 Å². The SMILES string of the molecule is N[C@@H]1C[C@H](N)[C@@H](OCc2cn(CCCCCCCCCCCn3cc(CO[C@H]4[C@H](O)[C@@H](O)[C@H](N)C[C@@H]4N)nn3)nn2)[C@H](O)[C@H]1O. The summed E-state index contributed by atoms with van der Waals surface area (Å²) in [6.45, 7) is 1.90. The Hall–Kier alpha value is -2.12. The van der Waals surface area contributed by atoms with Crippen LogP contribution in [-0.2, 0) is 35.8 Å². The van der Waals surface area contributed by atoms with Gasteiger partial charge in [-0.2, -0.15) is 0 Å². The van der Waals surface area contributed by atoms with Crippen molar-refractivity contribution in [3.8, 4) is 0 Å². The van der Waals surface area contributed by atoms with Crippen LogP contribution in [0.1, 0.15) is 82.0 Å². The number of unbranched alkanes of at least 4 members (excludes halogenated alkanes) is 8. The molecule has 0 aromatic carbocycles. The Morgan fingerprint density at radius 2 is 0.911 bits per heavy atom. The fourth-order valence-corrected chi connectivity index (χ4v) is 6.20. The molecule has 2 aliphatic carbocycles. The largest absolute Gasteiger partial charge is 0.389 e. The third-order valence-electron chi connectivity index (χ3n) is 8.98. The van der Waals surface area contributed by atoms with Gasteiger partial charge in [-0.25, -0.2) is 0 Å². The van der Waals surface area contributed by atoms with Crippen LogP contribution in [0.4, 0.5) is 0 Å². The van der Waals surface area contributed by atoms with Gasteiger partial charge >= 0.3 is 0 Å². The Bertz CT molecular complexity index is 1040. The first-order valence-electron chi connectivity index (χ1n) is 16.4. The molecule has 0 unspecified atom stereocenters. The highest BCUT2D eigenvalue weighted by Crippen LogP contribution is 2.23. The summed E-state index contributed by atoms with van der Waals surface area (Å²) in [4.78, 5) is 0. The smallest absolute Gasteiger partial charge is 0.109 e. The van der Waals surface area contributed by atoms with E-state index in [0.717, 1.165) is 38.8 Å². The van der Waals surface area contributed by atoms with Gasteiger partial charge in [0, 0.05) is 37.3 Å². The average Bonchev–Trinajstić information content (AvgIpc) is 3.67. The Balaban J connectivity index is 0.977. The maximum absolute atomic E-state index is 10.2. The topological polar surface area (TPSA) is 265 Å². The van der Waals surface area contributed by atoms with Gasteiger partial charge in [-0.05, 0) is 25.7 Å². The summed E-state index contributed by atoms with van der Waals surface area (Å²) in [6.07, 6.45) is 9.04. The number of rotatable bonds is 18. The van der Waals surface area contributed by atoms with Gasteiger partial charge in [0.25, 0.3) is 0 Å². The normalized spacial score (nSPS) is 32.3. The lowest BCUT2D eigenvalue weighted by molar-refractivity contribution is -0.132. The Morgan fingerprint density at radius 1 is 0.556 bits per heavy atom. The highest BCUT2D eigenvalue weighted by Gasteiger charge is 2.42. The number of hydrogen-bond donors (Lipinski definition) is 8. The van der Waals surface area contributed by atoms with Crippen LogP contribution in [0.2, 0.25) is 0 Å². The lowest BCUT2D eigenvalue weighted by Crippen LogP contribution is -2.61. The first-order valence-corrected chi connectivity index (χ1v) is 16.4. The van der Waals surface area contributed by atoms with Gasteiger partial charge < -0.3 is 52.8 Å². The zero-order valence-corrected chi connectivity index (χ0v) is 26.1. The molecule has 256 valence electrons. The molecular weight excluding hydrogens is 584 g/mol. The molecule has 0 bridgehead atoms. The molecule has 2 aromatic rings. The number of hydrogen-bond acceptors (Lipinski definition) is 14. The summed E-state index contributed by atoms with van der Waals surface area (Å²) >= 11 is 0. The van der Waals surface area contributed by atoms with Crippen LogP contribution in [0.15, 0.2) is 12.4 Å². The summed E-state index contributed by atoms with van der Waals surface area (Å²) in [5.74, 6) is 0. The van der Waals surface area contributed by atoms with Crippen molar-refractivity contribution in [2.75, 3.05) is 0 Å². The molecule has 0 aliphatic heterocycles. The van der Waals surface area contributed by atoms with Crippen LogP contribution >= 0.6 is 0 Å². The number of nitrogens with two attached hydrogens (primary N) is 4. The lowest BCUT2D eigenvalue weighted by atomic mass is 9.85. The maximum atomic E-state index is 10.2. The molecule has 0 spiro atoms. The van der Waals surface area contributed by atoms with Crippen molar-refractivity contribution in [3.63, 3.8) is 0 Å². The number of nitrogens with zero attached hydrogens (tertiary/aromatic N) is 6. The molecule has 2 aromatic heterocycles. The standard InChI is InChI=1S/C29H54N10O6/c30-20-12-22(32)28(26(42)24(20)40)44-16-18-14-38(36-34-18)10-8-6-4-2-1-3-5-7-9-11-39-15-19(35-37-39)17-45-29-23(33)13-21(31)25(41)27(29)43/h14-15,20-29,40-43H,1-13,16-17,30-33H2/t20-,21-,22+,23+,24+,25+,26-,27-,28-,29-/m1/s1. The second-order valence-electron chi connectivity index (χ2n) is 12.8. The molecule has 2 aliphatic rings. The molecule has 10 atom stereocenters. The summed E-state index contributed by atoms with van der Waals surface area (Å²) in [5.41, 5.74) is 25.0. The fourth-order valence-electron chi connectivity index (χ4n) is 6.20. The van der Waals surface area contributed by atoms with E-state index in [2.05, 4.69) is 20.6 Å². The monoisotopic (exact) mass is 638 g/mol. The summed E-state index contributed by atoms with van der Waals surface area (Å²) < 4.78 is 15.1. The molecule has 16 nitrogen and oxygen atoms in total. The van der Waals surface area contributed by atoms with E-state index in [1.165, 1.54) is 32.1 Å². The van der Waals surface area contributed by atoms with E-state index in [-0.39, 0.29) is 13.2 Å². The Labute approximate surface area is 264 Å². The van der Waals surface area contributed by atoms with E-state index in [1.54, 1.807) is 0 Å². The summed E-state index contributed by atoms with van der Waals surface area (Å²) in [5, 5.41) is 57.1. The first kappa shape index (κ1) is 35.7. The van der Waals surface area contributed by atoms with Crippen molar-refractivity contribution in [2.45, 2.75) is 158 Å². The average molecular weight is 639 g/mol. The highest BCUT2D eigenvalue weighted by molar-refractivity contribution is 5.00. The Kier molecular flexibility index (Phi) is 14.1. The van der Waals surface area contributed by atoms with Crippen LogP contribution in [0, 0.1) is 0 Å². The van der Waals surface area contributed by atoms with Gasteiger partial charge in [0.15, 0.2) is 0 Å². The van der Waals surface area contributed by atoms with Crippen molar-refractivity contribution in [3.05, 3.63) is 23.8 Å². The van der Waals surface area contributed by atoms with Crippen molar-refractivity contribution >= 4 is 0 Å². The Morgan fingerprint density at radius 3 is 1.29 bits per heavy atom. The van der Waals surface area contributed by atoms with Crippen LogP contribution in [-0.4, -0.2) is 111 Å². The minimum Gasteiger partial charge on any atom is -0.389 e. The molecule has 45 heavy (non-hydrogen) atoms. The van der Waals surface area contributed by atoms with Crippen molar-refractivity contribution in [1.82, 2.24) is 30.0 Å². The molecule has 0 saturated heterocycles. The van der Waals surface area contributed by atoms with Crippen molar-refractivity contribution in [1.29, 1.82) is 0 Å². The van der Waals surface area contributed by atoms with Gasteiger partial charge in [-0.1, -0.05) is 55.4 Å². The van der Waals surface area contributed by atoms with Crippen LogP contribution in [0.3, 0.4) is 0 Å². The van der Waals surface area contributed by atoms with Gasteiger partial charge in [-0.15, -0.1) is 10.2 Å². The molecule has 2 heterocycles. The fraction of sp³-hybridized carbons (Fsp3) is 0.862. The number of aryl methyl sites for hydroxylation is 2. The molecular formula is C29H54N10O6. The molecule has 2 fully saturated rings. The predicted octanol–water partition coefficient (Wildman–Crippen LogP) is -1.59. The second kappa shape index (κ2) is 17.7. The van der Waals surface area contributed by atoms with E-state index >= 15 is 0 Å². The molecule has 12 N–H and O–H groups in total. The minimum atomic E-state index is -1.12. The number of aliphatic hydroxyl groups is 4. The maximum Gasteiger partial charge on any atom is 0.109 e. The van der Waals surface area contributed by atoms with Crippen LogP contribution < -0.4 is 22.9 Å². The molecule has 2 saturated carbocycles. The van der Waals surface area contributed by atoms with E-state index in [9.17, 15) is 20.4 Å². The van der Waals surface area contributed by atoms with Gasteiger partial charge in [0.1, 0.15) is 35.8 Å². The quantitative estimate of drug-likeness (QED) is 0.0856. The molecule has 16 heteroatoms. The third-order valence-corrected chi connectivity index (χ3v) is 8.98. The second-order valence-corrected chi connectivity index (χ2v) is 12.8. The summed E-state index contributed by atoms with van der Waals surface area (Å²) in [7, 11) is 0. The lowest BCUT2D eigenvalue weighted by Gasteiger charge is -2.39. The van der Waals surface area contributed by atoms with Gasteiger partial charge in [0.05, 0.1) is 37.8 Å². The first-order chi connectivity index (χ1) is 21.6. The molecule has 4 rings (SSSR count). The molecule has 0 amide bonds. The number of ether oxygens (including phenoxy) is 2. The summed E-state index contributed by atoms with van der Waals surface area (Å²) in [6, 6.07) is -2.01. The number of aromatic nitrogens is 6. The zero-order valence-electron chi connectivity index (χ0n) is 26.1. The zero-order chi connectivity index (χ0) is 32.3. The van der Waals surface area contributed by atoms with E-state index in [0.29, 0.717) is 24.2 Å². The third kappa shape index (κ3) is 10.4. The van der Waals surface area contributed by atoms with Crippen LogP contribution in [0.25, 0.3) is 0 Å². The van der Waals surface area contributed by atoms with Gasteiger partial charge in [-0.3, -0.25) is 9.36 Å². The highest BCUT2D eigenvalue weighted by atomic mass is 16.5. The van der Waals surface area contributed by atoms with E-state index in [4.69, 9.17) is 32.4 Å². The minimum absolute atomic E-state index is 0.163. The van der Waals surface area contributed by atoms with E-state index in [1.807, 2.05) is 21.8 Å². The molecule has 0 radical (unpaired) electrons. The van der Waals surface area contributed by atoms with E-state index < -0.39 is 60.8 Å². The van der Waals surface area contributed by atoms with Crippen molar-refractivity contribution in [2.24, 2.45) is 22.9 Å². The van der Waals surface area contributed by atoms with Crippen molar-refractivity contribution < 1.29 is 29.9 Å².